The fourth-order valence-electron chi connectivity index (χ4n) is 9.11. The standard InChI is InChI=1S/C29H51P/c1-20(2)9-8-10-21(3)25-13-14-26-24-12-11-22-19-23(30(6)7)15-17-28(22,4)27(24)16-18-29(25,26)5/h11,20-21,23-27H,8-10,12-19H2,1-7H3/t21-,23+,24+,25-,26+,27+,28+,29-/m1/s1. The van der Waals surface area contributed by atoms with Crippen molar-refractivity contribution in [3.8, 4) is 0 Å². The number of hydrogen-bond donors (Lipinski definition) is 0. The van der Waals surface area contributed by atoms with Gasteiger partial charge in [0.1, 0.15) is 0 Å². The lowest BCUT2D eigenvalue weighted by Gasteiger charge is -2.59. The van der Waals surface area contributed by atoms with E-state index in [-0.39, 0.29) is 7.92 Å². The van der Waals surface area contributed by atoms with Gasteiger partial charge in [0.25, 0.3) is 0 Å². The van der Waals surface area contributed by atoms with Gasteiger partial charge in [-0.1, -0.05) is 65.5 Å². The third kappa shape index (κ3) is 3.99. The van der Waals surface area contributed by atoms with E-state index in [1.54, 1.807) is 0 Å². The van der Waals surface area contributed by atoms with Crippen LogP contribution in [0.5, 0.6) is 0 Å². The highest BCUT2D eigenvalue weighted by Gasteiger charge is 2.59. The molecule has 0 unspecified atom stereocenters. The van der Waals surface area contributed by atoms with Gasteiger partial charge in [-0.2, -0.15) is 0 Å². The molecule has 4 aliphatic carbocycles. The Labute approximate surface area is 190 Å². The lowest BCUT2D eigenvalue weighted by atomic mass is 9.47. The van der Waals surface area contributed by atoms with Crippen LogP contribution >= 0.6 is 7.92 Å². The normalized spacial score (nSPS) is 44.4. The van der Waals surface area contributed by atoms with Gasteiger partial charge >= 0.3 is 0 Å². The van der Waals surface area contributed by atoms with Crippen molar-refractivity contribution in [2.75, 3.05) is 13.3 Å². The molecule has 3 saturated carbocycles. The summed E-state index contributed by atoms with van der Waals surface area (Å²) in [5.74, 6) is 5.79. The fourth-order valence-corrected chi connectivity index (χ4v) is 10.3. The van der Waals surface area contributed by atoms with Crippen LogP contribution in [-0.4, -0.2) is 19.0 Å². The monoisotopic (exact) mass is 430 g/mol. The van der Waals surface area contributed by atoms with E-state index in [1.807, 2.05) is 5.57 Å². The quantitative estimate of drug-likeness (QED) is 0.291. The molecule has 0 spiro atoms. The van der Waals surface area contributed by atoms with Crippen LogP contribution in [0.15, 0.2) is 11.6 Å². The van der Waals surface area contributed by atoms with Crippen LogP contribution < -0.4 is 0 Å². The zero-order valence-electron chi connectivity index (χ0n) is 21.3. The third-order valence-electron chi connectivity index (χ3n) is 11.0. The lowest BCUT2D eigenvalue weighted by molar-refractivity contribution is -0.0498. The molecule has 4 aliphatic rings. The van der Waals surface area contributed by atoms with Crippen molar-refractivity contribution < 1.29 is 0 Å². The van der Waals surface area contributed by atoms with Crippen molar-refractivity contribution >= 4 is 7.92 Å². The topological polar surface area (TPSA) is 0 Å². The van der Waals surface area contributed by atoms with E-state index in [4.69, 9.17) is 0 Å². The molecule has 0 aromatic heterocycles. The highest BCUT2D eigenvalue weighted by molar-refractivity contribution is 7.56. The van der Waals surface area contributed by atoms with Crippen molar-refractivity contribution in [1.82, 2.24) is 0 Å². The Morgan fingerprint density at radius 3 is 2.43 bits per heavy atom. The lowest BCUT2D eigenvalue weighted by Crippen LogP contribution is -2.50. The first-order chi connectivity index (χ1) is 14.2. The summed E-state index contributed by atoms with van der Waals surface area (Å²) in [5.41, 5.74) is 4.09. The first kappa shape index (κ1) is 23.3. The summed E-state index contributed by atoms with van der Waals surface area (Å²) in [4.78, 5) is 0. The minimum absolute atomic E-state index is 0.226. The molecule has 30 heavy (non-hydrogen) atoms. The van der Waals surface area contributed by atoms with Crippen LogP contribution in [0.3, 0.4) is 0 Å². The second-order valence-corrected chi connectivity index (χ2v) is 15.8. The summed E-state index contributed by atoms with van der Waals surface area (Å²) in [6.45, 7) is 17.9. The number of allylic oxidation sites excluding steroid dienone is 2. The van der Waals surface area contributed by atoms with Gasteiger partial charge in [0.2, 0.25) is 0 Å². The molecule has 0 aliphatic heterocycles. The van der Waals surface area contributed by atoms with Crippen LogP contribution in [0.4, 0.5) is 0 Å². The van der Waals surface area contributed by atoms with Crippen LogP contribution in [-0.2, 0) is 0 Å². The van der Waals surface area contributed by atoms with Crippen LogP contribution in [0.25, 0.3) is 0 Å². The predicted octanol–water partition coefficient (Wildman–Crippen LogP) is 9.14. The van der Waals surface area contributed by atoms with Crippen molar-refractivity contribution in [1.29, 1.82) is 0 Å². The Kier molecular flexibility index (Phi) is 6.88. The molecule has 3 fully saturated rings. The molecule has 0 bridgehead atoms. The van der Waals surface area contributed by atoms with E-state index in [1.165, 1.54) is 70.6 Å². The SMILES string of the molecule is CC(C)CCC[C@@H](C)[C@H]1CC[C@H]2[C@@H]3CC=C4C[C@@H](P(C)C)CC[C@]4(C)[C@H]3CC[C@]12C. The molecule has 8 atom stereocenters. The Morgan fingerprint density at radius 2 is 1.73 bits per heavy atom. The average molecular weight is 431 g/mol. The maximum Gasteiger partial charge on any atom is -0.00848 e. The first-order valence-electron chi connectivity index (χ1n) is 13.5. The van der Waals surface area contributed by atoms with Crippen molar-refractivity contribution in [2.24, 2.45) is 46.3 Å². The van der Waals surface area contributed by atoms with Crippen molar-refractivity contribution in [2.45, 2.75) is 111 Å². The summed E-state index contributed by atoms with van der Waals surface area (Å²) in [5, 5.41) is 0. The van der Waals surface area contributed by atoms with Gasteiger partial charge in [-0.15, -0.1) is 7.92 Å². The van der Waals surface area contributed by atoms with E-state index in [2.05, 4.69) is 54.0 Å². The van der Waals surface area contributed by atoms with E-state index in [0.717, 1.165) is 41.2 Å². The number of hydrogen-bond acceptors (Lipinski definition) is 0. The van der Waals surface area contributed by atoms with E-state index in [0.29, 0.717) is 10.8 Å². The maximum absolute atomic E-state index is 2.79. The average Bonchev–Trinajstić information content (AvgIpc) is 3.04. The first-order valence-corrected chi connectivity index (χ1v) is 15.8. The Morgan fingerprint density at radius 1 is 0.967 bits per heavy atom. The molecule has 172 valence electrons. The molecule has 0 nitrogen and oxygen atoms in total. The molecule has 0 aromatic rings. The molecule has 0 N–H and O–H groups in total. The van der Waals surface area contributed by atoms with Gasteiger partial charge in [0, 0.05) is 0 Å². The van der Waals surface area contributed by atoms with E-state index < -0.39 is 0 Å². The molecule has 0 aromatic carbocycles. The molecule has 0 saturated heterocycles. The maximum atomic E-state index is 2.79. The molecule has 1 heteroatoms. The van der Waals surface area contributed by atoms with E-state index in [9.17, 15) is 0 Å². The predicted molar refractivity (Wildman–Crippen MR) is 136 cm³/mol. The molecule has 4 rings (SSSR count). The fraction of sp³-hybridized carbons (Fsp3) is 0.931. The van der Waals surface area contributed by atoms with Gasteiger partial charge in [-0.25, -0.2) is 0 Å². The Balaban J connectivity index is 1.48. The van der Waals surface area contributed by atoms with Gasteiger partial charge in [-0.3, -0.25) is 0 Å². The summed E-state index contributed by atoms with van der Waals surface area (Å²) >= 11 is 0. The zero-order chi connectivity index (χ0) is 21.7. The molecular weight excluding hydrogens is 379 g/mol. The van der Waals surface area contributed by atoms with Crippen LogP contribution in [0.2, 0.25) is 0 Å². The largest absolute Gasteiger partial charge is 0.110 e. The molecule has 0 radical (unpaired) electrons. The van der Waals surface area contributed by atoms with Crippen molar-refractivity contribution in [3.05, 3.63) is 11.6 Å². The minimum atomic E-state index is 0.226. The molecule has 0 heterocycles. The van der Waals surface area contributed by atoms with Crippen molar-refractivity contribution in [3.63, 3.8) is 0 Å². The van der Waals surface area contributed by atoms with Crippen LogP contribution in [0.1, 0.15) is 105 Å². The Hall–Kier alpha value is 0.170. The highest BCUT2D eigenvalue weighted by atomic mass is 31.1. The summed E-state index contributed by atoms with van der Waals surface area (Å²) in [7, 11) is 0.226. The summed E-state index contributed by atoms with van der Waals surface area (Å²) in [6.07, 6.45) is 19.1. The smallest absolute Gasteiger partial charge is 0.00848 e. The van der Waals surface area contributed by atoms with Gasteiger partial charge in [0.15, 0.2) is 0 Å². The second-order valence-electron chi connectivity index (χ2n) is 13.1. The summed E-state index contributed by atoms with van der Waals surface area (Å²) in [6, 6.07) is 0. The highest BCUT2D eigenvalue weighted by Crippen LogP contribution is 2.68. The molecule has 0 amide bonds. The number of fused-ring (bicyclic) bond motifs is 5. The third-order valence-corrected chi connectivity index (χ3v) is 12.9. The second kappa shape index (κ2) is 8.84. The number of rotatable bonds is 6. The van der Waals surface area contributed by atoms with Crippen LogP contribution in [0, 0.1) is 46.3 Å². The zero-order valence-corrected chi connectivity index (χ0v) is 22.2. The van der Waals surface area contributed by atoms with Gasteiger partial charge < -0.3 is 0 Å². The van der Waals surface area contributed by atoms with E-state index >= 15 is 0 Å². The summed E-state index contributed by atoms with van der Waals surface area (Å²) < 4.78 is 0. The Bertz CT molecular complexity index is 632. The minimum Gasteiger partial charge on any atom is -0.110 e. The van der Waals surface area contributed by atoms with Gasteiger partial charge in [0.05, 0.1) is 0 Å². The molecular formula is C29H51P. The van der Waals surface area contributed by atoms with Gasteiger partial charge in [-0.05, 0) is 117 Å².